The van der Waals surface area contributed by atoms with E-state index in [2.05, 4.69) is 18.5 Å². The second-order valence-electron chi connectivity index (χ2n) is 4.84. The highest BCUT2D eigenvalue weighted by atomic mass is 32.2. The Labute approximate surface area is 113 Å². The summed E-state index contributed by atoms with van der Waals surface area (Å²) >= 11 is 1.96. The molecule has 1 aromatic rings. The van der Waals surface area contributed by atoms with Gasteiger partial charge in [0.2, 0.25) is 0 Å². The van der Waals surface area contributed by atoms with Gasteiger partial charge in [-0.05, 0) is 37.7 Å². The molecule has 3 nitrogen and oxygen atoms in total. The summed E-state index contributed by atoms with van der Waals surface area (Å²) in [5.41, 5.74) is 7.70. The fourth-order valence-corrected chi connectivity index (χ4v) is 2.56. The fourth-order valence-electron chi connectivity index (χ4n) is 1.84. The van der Waals surface area contributed by atoms with Gasteiger partial charge in [0, 0.05) is 23.0 Å². The van der Waals surface area contributed by atoms with E-state index >= 15 is 0 Å². The van der Waals surface area contributed by atoms with Crippen LogP contribution in [0.3, 0.4) is 0 Å². The molecule has 1 fully saturated rings. The van der Waals surface area contributed by atoms with Crippen molar-refractivity contribution in [3.05, 3.63) is 18.2 Å². The Morgan fingerprint density at radius 3 is 2.83 bits per heavy atom. The third-order valence-corrected chi connectivity index (χ3v) is 4.75. The quantitative estimate of drug-likeness (QED) is 0.743. The molecule has 1 aliphatic carbocycles. The van der Waals surface area contributed by atoms with Gasteiger partial charge in [-0.15, -0.1) is 0 Å². The molecule has 0 radical (unpaired) electrons. The number of nitrogen functional groups attached to an aromatic ring is 1. The molecule has 3 N–H and O–H groups in total. The van der Waals surface area contributed by atoms with Crippen LogP contribution in [0.1, 0.15) is 26.2 Å². The van der Waals surface area contributed by atoms with Crippen LogP contribution in [0.2, 0.25) is 0 Å². The molecule has 2 rings (SSSR count). The molecule has 0 amide bonds. The Kier molecular flexibility index (Phi) is 4.27. The maximum atomic E-state index is 5.89. The van der Waals surface area contributed by atoms with Crippen molar-refractivity contribution in [3.63, 3.8) is 0 Å². The van der Waals surface area contributed by atoms with Gasteiger partial charge in [0.1, 0.15) is 5.75 Å². The third kappa shape index (κ3) is 3.25. The summed E-state index contributed by atoms with van der Waals surface area (Å²) in [7, 11) is 0. The molecule has 0 heterocycles. The zero-order chi connectivity index (χ0) is 13.0. The summed E-state index contributed by atoms with van der Waals surface area (Å²) in [6.07, 6.45) is 5.81. The van der Waals surface area contributed by atoms with Crippen LogP contribution < -0.4 is 15.8 Å². The number of nitrogens with two attached hydrogens (primary N) is 1. The lowest BCUT2D eigenvalue weighted by atomic mass is 10.2. The molecule has 1 aliphatic rings. The predicted octanol–water partition coefficient (Wildman–Crippen LogP) is 3.37. The maximum absolute atomic E-state index is 5.89. The average Bonchev–Trinajstić information content (AvgIpc) is 3.17. The first-order valence-corrected chi connectivity index (χ1v) is 7.73. The van der Waals surface area contributed by atoms with Crippen molar-refractivity contribution >= 4 is 23.1 Å². The monoisotopic (exact) mass is 266 g/mol. The summed E-state index contributed by atoms with van der Waals surface area (Å²) in [5.74, 6) is 0.788. The van der Waals surface area contributed by atoms with Gasteiger partial charge in [0.25, 0.3) is 0 Å². The second kappa shape index (κ2) is 5.74. The van der Waals surface area contributed by atoms with Gasteiger partial charge in [-0.25, -0.2) is 0 Å². The lowest BCUT2D eigenvalue weighted by molar-refractivity contribution is 0.319. The van der Waals surface area contributed by atoms with E-state index < -0.39 is 0 Å². The smallest absolute Gasteiger partial charge is 0.144 e. The van der Waals surface area contributed by atoms with E-state index in [1.54, 1.807) is 0 Å². The van der Waals surface area contributed by atoms with Crippen LogP contribution in [-0.4, -0.2) is 24.2 Å². The van der Waals surface area contributed by atoms with E-state index in [4.69, 9.17) is 10.5 Å². The van der Waals surface area contributed by atoms with Crippen LogP contribution in [0, 0.1) is 0 Å². The Morgan fingerprint density at radius 2 is 2.22 bits per heavy atom. The fraction of sp³-hybridized carbons (Fsp3) is 0.571. The van der Waals surface area contributed by atoms with Gasteiger partial charge in [-0.3, -0.25) is 0 Å². The van der Waals surface area contributed by atoms with Gasteiger partial charge < -0.3 is 15.8 Å². The van der Waals surface area contributed by atoms with Gasteiger partial charge in [-0.1, -0.05) is 6.92 Å². The first kappa shape index (κ1) is 13.4. The van der Waals surface area contributed by atoms with Crippen molar-refractivity contribution in [1.29, 1.82) is 0 Å². The van der Waals surface area contributed by atoms with Crippen molar-refractivity contribution in [2.75, 3.05) is 30.5 Å². The zero-order valence-corrected chi connectivity index (χ0v) is 12.0. The normalized spacial score (nSPS) is 16.3. The maximum Gasteiger partial charge on any atom is 0.144 e. The number of hydrogen-bond acceptors (Lipinski definition) is 4. The van der Waals surface area contributed by atoms with Crippen LogP contribution in [-0.2, 0) is 0 Å². The Balaban J connectivity index is 1.96. The molecule has 0 aliphatic heterocycles. The first-order valence-electron chi connectivity index (χ1n) is 6.50. The number of rotatable bonds is 7. The highest BCUT2D eigenvalue weighted by molar-refractivity contribution is 8.00. The minimum atomic E-state index is 0.464. The summed E-state index contributed by atoms with van der Waals surface area (Å²) in [6.45, 7) is 3.82. The topological polar surface area (TPSA) is 47.3 Å². The Morgan fingerprint density at radius 1 is 1.44 bits per heavy atom. The standard InChI is InChI=1S/C14H22N2OS/c1-3-8-17-13-9-11(4-5-12(13)15)16-10-14(18-2)6-7-14/h4-5,9,16H,3,6-8,10,15H2,1-2H3. The van der Waals surface area contributed by atoms with Crippen LogP contribution in [0.15, 0.2) is 18.2 Å². The summed E-state index contributed by atoms with van der Waals surface area (Å²) in [6, 6.07) is 5.93. The molecule has 4 heteroatoms. The van der Waals surface area contributed by atoms with Gasteiger partial charge in [0.05, 0.1) is 12.3 Å². The lowest BCUT2D eigenvalue weighted by Gasteiger charge is -2.15. The van der Waals surface area contributed by atoms with Crippen LogP contribution in [0.4, 0.5) is 11.4 Å². The van der Waals surface area contributed by atoms with Crippen LogP contribution in [0.25, 0.3) is 0 Å². The largest absolute Gasteiger partial charge is 0.491 e. The molecule has 100 valence electrons. The molecule has 0 unspecified atom stereocenters. The van der Waals surface area contributed by atoms with E-state index in [1.807, 2.05) is 30.0 Å². The average molecular weight is 266 g/mol. The Hall–Kier alpha value is -1.03. The summed E-state index contributed by atoms with van der Waals surface area (Å²) in [5, 5.41) is 3.49. The van der Waals surface area contributed by atoms with E-state index in [0.717, 1.165) is 24.4 Å². The number of benzene rings is 1. The SMILES string of the molecule is CCCOc1cc(NCC2(SC)CC2)ccc1N. The van der Waals surface area contributed by atoms with E-state index in [-0.39, 0.29) is 0 Å². The van der Waals surface area contributed by atoms with Crippen molar-refractivity contribution in [2.45, 2.75) is 30.9 Å². The zero-order valence-electron chi connectivity index (χ0n) is 11.2. The lowest BCUT2D eigenvalue weighted by Crippen LogP contribution is -2.17. The number of nitrogens with one attached hydrogen (secondary N) is 1. The molecular formula is C14H22N2OS. The molecule has 1 saturated carbocycles. The number of thioether (sulfide) groups is 1. The highest BCUT2D eigenvalue weighted by Crippen LogP contribution is 2.47. The van der Waals surface area contributed by atoms with Crippen molar-refractivity contribution < 1.29 is 4.74 Å². The molecule has 0 saturated heterocycles. The number of hydrogen-bond donors (Lipinski definition) is 2. The molecule has 18 heavy (non-hydrogen) atoms. The number of anilines is 2. The van der Waals surface area contributed by atoms with Crippen molar-refractivity contribution in [2.24, 2.45) is 0 Å². The van der Waals surface area contributed by atoms with Crippen LogP contribution >= 0.6 is 11.8 Å². The minimum absolute atomic E-state index is 0.464. The van der Waals surface area contributed by atoms with E-state index in [9.17, 15) is 0 Å². The van der Waals surface area contributed by atoms with E-state index in [1.165, 1.54) is 12.8 Å². The van der Waals surface area contributed by atoms with Crippen LogP contribution in [0.5, 0.6) is 5.75 Å². The minimum Gasteiger partial charge on any atom is -0.491 e. The van der Waals surface area contributed by atoms with Gasteiger partial charge >= 0.3 is 0 Å². The molecule has 1 aromatic carbocycles. The second-order valence-corrected chi connectivity index (χ2v) is 6.12. The van der Waals surface area contributed by atoms with E-state index in [0.29, 0.717) is 17.0 Å². The number of ether oxygens (including phenoxy) is 1. The molecule has 0 aromatic heterocycles. The molecular weight excluding hydrogens is 244 g/mol. The summed E-state index contributed by atoms with van der Waals surface area (Å²) < 4.78 is 6.09. The van der Waals surface area contributed by atoms with Crippen molar-refractivity contribution in [3.8, 4) is 5.75 Å². The van der Waals surface area contributed by atoms with Gasteiger partial charge in [0.15, 0.2) is 0 Å². The van der Waals surface area contributed by atoms with Gasteiger partial charge in [-0.2, -0.15) is 11.8 Å². The Bertz CT molecular complexity index is 405. The third-order valence-electron chi connectivity index (χ3n) is 3.33. The van der Waals surface area contributed by atoms with Crippen molar-refractivity contribution in [1.82, 2.24) is 0 Å². The summed E-state index contributed by atoms with van der Waals surface area (Å²) in [4.78, 5) is 0. The molecule has 0 bridgehead atoms. The highest BCUT2D eigenvalue weighted by Gasteiger charge is 2.41. The molecule has 0 atom stereocenters. The molecule has 0 spiro atoms. The predicted molar refractivity (Wildman–Crippen MR) is 80.6 cm³/mol. The first-order chi connectivity index (χ1) is 8.69.